The first-order chi connectivity index (χ1) is 12.8. The molecule has 0 saturated heterocycles. The molecule has 0 aliphatic carbocycles. The van der Waals surface area contributed by atoms with Crippen molar-refractivity contribution >= 4 is 26.5 Å². The Labute approximate surface area is 162 Å². The fourth-order valence-electron chi connectivity index (χ4n) is 3.35. The first-order valence-electron chi connectivity index (χ1n) is 9.48. The number of carbonyl (C=O) groups excluding carboxylic acids is 1. The molecule has 148 valence electrons. The molecule has 1 N–H and O–H groups in total. The smallest absolute Gasteiger partial charge is 0.234 e. The normalized spacial score (nSPS) is 14.3. The maximum atomic E-state index is 12.6. The molecule has 1 amide bonds. The van der Waals surface area contributed by atoms with Gasteiger partial charge in [0.15, 0.2) is 9.84 Å². The molecule has 2 rings (SSSR count). The zero-order valence-electron chi connectivity index (χ0n) is 16.6. The minimum Gasteiger partial charge on any atom is -0.348 e. The fourth-order valence-corrected chi connectivity index (χ4v) is 4.53. The predicted octanol–water partition coefficient (Wildman–Crippen LogP) is 3.16. The molecule has 0 aliphatic rings. The maximum absolute atomic E-state index is 12.6. The number of hydrogen-bond donors (Lipinski definition) is 1. The van der Waals surface area contributed by atoms with Crippen LogP contribution in [0.2, 0.25) is 0 Å². The molecule has 5 nitrogen and oxygen atoms in total. The van der Waals surface area contributed by atoms with Crippen LogP contribution in [-0.2, 0) is 14.6 Å². The molecule has 2 unspecified atom stereocenters. The molecule has 2 atom stereocenters. The molecule has 0 bridgehead atoms. The maximum Gasteiger partial charge on any atom is 0.234 e. The zero-order chi connectivity index (χ0) is 20.0. The van der Waals surface area contributed by atoms with Crippen molar-refractivity contribution in [1.29, 1.82) is 0 Å². The van der Waals surface area contributed by atoms with E-state index in [9.17, 15) is 13.2 Å². The summed E-state index contributed by atoms with van der Waals surface area (Å²) in [6.07, 6.45) is 0. The van der Waals surface area contributed by atoms with Crippen LogP contribution in [0.5, 0.6) is 0 Å². The molecular formula is C21H30N2O3S. The number of nitrogens with zero attached hydrogens (tertiary/aromatic N) is 1. The Morgan fingerprint density at radius 1 is 1.07 bits per heavy atom. The number of benzene rings is 2. The summed E-state index contributed by atoms with van der Waals surface area (Å²) in [5.41, 5.74) is 1.08. The number of amides is 1. The van der Waals surface area contributed by atoms with Crippen molar-refractivity contribution in [1.82, 2.24) is 10.2 Å². The molecule has 0 heterocycles. The quantitative estimate of drug-likeness (QED) is 0.714. The molecule has 0 aliphatic heterocycles. The highest BCUT2D eigenvalue weighted by atomic mass is 32.2. The second-order valence-corrected chi connectivity index (χ2v) is 9.37. The summed E-state index contributed by atoms with van der Waals surface area (Å²) >= 11 is 0. The summed E-state index contributed by atoms with van der Waals surface area (Å²) in [5, 5.41) is 5.33. The van der Waals surface area contributed by atoms with Gasteiger partial charge < -0.3 is 5.32 Å². The average Bonchev–Trinajstić information content (AvgIpc) is 2.65. The third-order valence-electron chi connectivity index (χ3n) is 4.98. The van der Waals surface area contributed by atoms with Crippen LogP contribution in [-0.4, -0.2) is 49.9 Å². The molecule has 0 saturated carbocycles. The molecule has 0 aromatic heterocycles. The molecule has 0 fully saturated rings. The largest absolute Gasteiger partial charge is 0.348 e. The van der Waals surface area contributed by atoms with E-state index in [1.165, 1.54) is 0 Å². The van der Waals surface area contributed by atoms with Gasteiger partial charge in [0.2, 0.25) is 5.91 Å². The van der Waals surface area contributed by atoms with E-state index in [0.717, 1.165) is 16.3 Å². The van der Waals surface area contributed by atoms with Gasteiger partial charge in [-0.25, -0.2) is 8.42 Å². The van der Waals surface area contributed by atoms with Crippen LogP contribution in [0.4, 0.5) is 0 Å². The van der Waals surface area contributed by atoms with Crippen molar-refractivity contribution in [2.45, 2.75) is 39.8 Å². The van der Waals surface area contributed by atoms with E-state index in [0.29, 0.717) is 6.54 Å². The summed E-state index contributed by atoms with van der Waals surface area (Å²) in [6, 6.07) is 13.9. The van der Waals surface area contributed by atoms with Gasteiger partial charge in [-0.15, -0.1) is 0 Å². The summed E-state index contributed by atoms with van der Waals surface area (Å²) < 4.78 is 23.8. The Kier molecular flexibility index (Phi) is 7.39. The summed E-state index contributed by atoms with van der Waals surface area (Å²) in [6.45, 7) is 8.23. The number of hydrogen-bond acceptors (Lipinski definition) is 4. The number of fused-ring (bicyclic) bond motifs is 1. The number of nitrogens with one attached hydrogen (secondary N) is 1. The highest BCUT2D eigenvalue weighted by Crippen LogP contribution is 2.24. The third kappa shape index (κ3) is 5.78. The van der Waals surface area contributed by atoms with Crippen LogP contribution < -0.4 is 5.32 Å². The molecule has 27 heavy (non-hydrogen) atoms. The molecular weight excluding hydrogens is 360 g/mol. The SMILES string of the molecule is CCN(CC(=O)NC(C)c1cccc2ccccc12)C(C)CS(=O)(=O)CC. The fraction of sp³-hybridized carbons (Fsp3) is 0.476. The van der Waals surface area contributed by atoms with Crippen molar-refractivity contribution in [3.63, 3.8) is 0 Å². The Hall–Kier alpha value is -1.92. The van der Waals surface area contributed by atoms with Gasteiger partial charge in [0.1, 0.15) is 0 Å². The number of likely N-dealkylation sites (N-methyl/N-ethyl adjacent to an activating group) is 1. The lowest BCUT2D eigenvalue weighted by molar-refractivity contribution is -0.123. The van der Waals surface area contributed by atoms with Gasteiger partial charge in [-0.05, 0) is 36.7 Å². The zero-order valence-corrected chi connectivity index (χ0v) is 17.4. The second kappa shape index (κ2) is 9.33. The number of sulfone groups is 1. The molecule has 2 aromatic carbocycles. The number of carbonyl (C=O) groups is 1. The summed E-state index contributed by atoms with van der Waals surface area (Å²) in [7, 11) is -3.07. The van der Waals surface area contributed by atoms with Gasteiger partial charge in [-0.2, -0.15) is 0 Å². The van der Waals surface area contributed by atoms with E-state index >= 15 is 0 Å². The minimum atomic E-state index is -3.07. The first kappa shape index (κ1) is 21.4. The van der Waals surface area contributed by atoms with Gasteiger partial charge >= 0.3 is 0 Å². The van der Waals surface area contributed by atoms with E-state index in [1.807, 2.05) is 49.9 Å². The predicted molar refractivity (Wildman–Crippen MR) is 112 cm³/mol. The minimum absolute atomic E-state index is 0.0729. The summed E-state index contributed by atoms with van der Waals surface area (Å²) in [5.74, 6) is 0.0981. The van der Waals surface area contributed by atoms with Crippen molar-refractivity contribution in [3.05, 3.63) is 48.0 Å². The molecule has 0 radical (unpaired) electrons. The van der Waals surface area contributed by atoms with E-state index in [1.54, 1.807) is 6.92 Å². The Bertz CT molecular complexity index is 875. The lowest BCUT2D eigenvalue weighted by atomic mass is 10.00. The molecule has 2 aromatic rings. The van der Waals surface area contributed by atoms with Crippen molar-refractivity contribution in [3.8, 4) is 0 Å². The van der Waals surface area contributed by atoms with Crippen LogP contribution in [0.25, 0.3) is 10.8 Å². The molecule has 6 heteroatoms. The number of rotatable bonds is 9. The van der Waals surface area contributed by atoms with Gasteiger partial charge in [0.25, 0.3) is 0 Å². The van der Waals surface area contributed by atoms with Gasteiger partial charge in [0, 0.05) is 11.8 Å². The Morgan fingerprint density at radius 2 is 1.74 bits per heavy atom. The molecule has 0 spiro atoms. The van der Waals surface area contributed by atoms with Gasteiger partial charge in [-0.1, -0.05) is 56.3 Å². The standard InChI is InChI=1S/C21H30N2O3S/c1-5-23(16(3)15-27(25,26)6-2)14-21(24)22-17(4)19-13-9-11-18-10-7-8-12-20(18)19/h7-13,16-17H,5-6,14-15H2,1-4H3,(H,22,24). The Balaban J connectivity index is 2.05. The highest BCUT2D eigenvalue weighted by Gasteiger charge is 2.22. The van der Waals surface area contributed by atoms with Crippen LogP contribution in [0.15, 0.2) is 42.5 Å². The summed E-state index contributed by atoms with van der Waals surface area (Å²) in [4.78, 5) is 14.5. The van der Waals surface area contributed by atoms with E-state index in [-0.39, 0.29) is 36.0 Å². The second-order valence-electron chi connectivity index (χ2n) is 6.97. The van der Waals surface area contributed by atoms with E-state index < -0.39 is 9.84 Å². The van der Waals surface area contributed by atoms with Crippen molar-refractivity contribution in [2.24, 2.45) is 0 Å². The van der Waals surface area contributed by atoms with Crippen LogP contribution in [0, 0.1) is 0 Å². The lowest BCUT2D eigenvalue weighted by Gasteiger charge is -2.27. The monoisotopic (exact) mass is 390 g/mol. The average molecular weight is 391 g/mol. The Morgan fingerprint density at radius 3 is 2.41 bits per heavy atom. The first-order valence-corrected chi connectivity index (χ1v) is 11.3. The van der Waals surface area contributed by atoms with Crippen LogP contribution in [0.1, 0.15) is 39.3 Å². The van der Waals surface area contributed by atoms with Crippen molar-refractivity contribution < 1.29 is 13.2 Å². The topological polar surface area (TPSA) is 66.5 Å². The van der Waals surface area contributed by atoms with E-state index in [2.05, 4.69) is 23.5 Å². The highest BCUT2D eigenvalue weighted by molar-refractivity contribution is 7.91. The third-order valence-corrected chi connectivity index (χ3v) is 6.85. The van der Waals surface area contributed by atoms with Crippen LogP contribution in [0.3, 0.4) is 0 Å². The van der Waals surface area contributed by atoms with Crippen LogP contribution >= 0.6 is 0 Å². The van der Waals surface area contributed by atoms with Gasteiger partial charge in [-0.3, -0.25) is 9.69 Å². The van der Waals surface area contributed by atoms with E-state index in [4.69, 9.17) is 0 Å². The van der Waals surface area contributed by atoms with Crippen molar-refractivity contribution in [2.75, 3.05) is 24.6 Å². The van der Waals surface area contributed by atoms with Gasteiger partial charge in [0.05, 0.1) is 18.3 Å². The lowest BCUT2D eigenvalue weighted by Crippen LogP contribution is -2.45.